The summed E-state index contributed by atoms with van der Waals surface area (Å²) in [5, 5.41) is 6.36. The molecule has 0 saturated carbocycles. The topological polar surface area (TPSA) is 119 Å². The first-order valence-electron chi connectivity index (χ1n) is 10.1. The van der Waals surface area contributed by atoms with Gasteiger partial charge in [-0.3, -0.25) is 10.1 Å². The van der Waals surface area contributed by atoms with Crippen molar-refractivity contribution in [1.82, 2.24) is 9.46 Å². The second-order valence-corrected chi connectivity index (χ2v) is 10.3. The van der Waals surface area contributed by atoms with E-state index in [1.807, 2.05) is 20.8 Å². The number of nitrogens with zero attached hydrogens (tertiary/aromatic N) is 2. The van der Waals surface area contributed by atoms with Crippen molar-refractivity contribution >= 4 is 27.8 Å². The predicted molar refractivity (Wildman–Crippen MR) is 113 cm³/mol. The number of piperidine rings is 1. The van der Waals surface area contributed by atoms with E-state index < -0.39 is 28.5 Å². The van der Waals surface area contributed by atoms with Gasteiger partial charge in [0.2, 0.25) is 15.9 Å². The molecule has 1 saturated heterocycles. The average Bonchev–Trinajstić information content (AvgIpc) is 3.21. The monoisotopic (exact) mass is 449 g/mol. The molecule has 1 aliphatic rings. The molecule has 3 rings (SSSR count). The van der Waals surface area contributed by atoms with E-state index in [-0.39, 0.29) is 21.8 Å². The van der Waals surface area contributed by atoms with Gasteiger partial charge in [-0.25, -0.2) is 13.2 Å². The van der Waals surface area contributed by atoms with E-state index in [1.54, 1.807) is 18.2 Å². The van der Waals surface area contributed by atoms with Crippen LogP contribution >= 0.6 is 0 Å². The van der Waals surface area contributed by atoms with Gasteiger partial charge >= 0.3 is 5.97 Å². The summed E-state index contributed by atoms with van der Waals surface area (Å²) in [6.07, 6.45) is 2.54. The molecule has 0 bridgehead atoms. The first-order chi connectivity index (χ1) is 14.6. The fourth-order valence-electron chi connectivity index (χ4n) is 3.17. The molecule has 2 heterocycles. The van der Waals surface area contributed by atoms with Gasteiger partial charge in [0.05, 0.1) is 16.2 Å². The summed E-state index contributed by atoms with van der Waals surface area (Å²) < 4.78 is 37.5. The third-order valence-corrected chi connectivity index (χ3v) is 6.87. The van der Waals surface area contributed by atoms with E-state index >= 15 is 0 Å². The third kappa shape index (κ3) is 5.50. The van der Waals surface area contributed by atoms with Gasteiger partial charge in [-0.15, -0.1) is 0 Å². The van der Waals surface area contributed by atoms with Crippen LogP contribution in [0, 0.1) is 0 Å². The van der Waals surface area contributed by atoms with Crippen molar-refractivity contribution in [3.05, 3.63) is 41.6 Å². The van der Waals surface area contributed by atoms with Gasteiger partial charge in [0.15, 0.2) is 6.61 Å². The molecule has 1 amide bonds. The molecule has 0 unspecified atom stereocenters. The number of aromatic nitrogens is 1. The molecule has 0 aliphatic carbocycles. The van der Waals surface area contributed by atoms with Crippen LogP contribution < -0.4 is 5.32 Å². The summed E-state index contributed by atoms with van der Waals surface area (Å²) >= 11 is 0. The highest BCUT2D eigenvalue weighted by Crippen LogP contribution is 2.25. The Morgan fingerprint density at radius 3 is 2.48 bits per heavy atom. The third-order valence-electron chi connectivity index (χ3n) is 4.92. The van der Waals surface area contributed by atoms with Crippen molar-refractivity contribution < 1.29 is 27.3 Å². The number of carbonyl (C=O) groups excluding carboxylic acids is 2. The van der Waals surface area contributed by atoms with E-state index in [0.29, 0.717) is 18.8 Å². The number of carbonyl (C=O) groups is 2. The van der Waals surface area contributed by atoms with Gasteiger partial charge in [0.25, 0.3) is 5.91 Å². The van der Waals surface area contributed by atoms with Gasteiger partial charge in [-0.1, -0.05) is 44.5 Å². The lowest BCUT2D eigenvalue weighted by Crippen LogP contribution is -2.36. The summed E-state index contributed by atoms with van der Waals surface area (Å²) in [7, 11) is -3.83. The number of rotatable bonds is 6. The Morgan fingerprint density at radius 1 is 1.16 bits per heavy atom. The summed E-state index contributed by atoms with van der Waals surface area (Å²) in [4.78, 5) is 24.6. The molecule has 1 fully saturated rings. The molecule has 10 heteroatoms. The number of sulfonamides is 1. The molecule has 9 nitrogen and oxygen atoms in total. The highest BCUT2D eigenvalue weighted by molar-refractivity contribution is 7.89. The van der Waals surface area contributed by atoms with Crippen LogP contribution in [0.5, 0.6) is 0 Å². The van der Waals surface area contributed by atoms with Crippen molar-refractivity contribution in [2.45, 2.75) is 50.3 Å². The minimum Gasteiger partial charge on any atom is -0.452 e. The quantitative estimate of drug-likeness (QED) is 0.674. The Bertz CT molecular complexity index is 1050. The normalized spacial score (nSPS) is 15.5. The molecule has 0 radical (unpaired) electrons. The average molecular weight is 450 g/mol. The second kappa shape index (κ2) is 9.19. The first kappa shape index (κ1) is 23.0. The van der Waals surface area contributed by atoms with Crippen molar-refractivity contribution in [1.29, 1.82) is 0 Å². The zero-order chi connectivity index (χ0) is 22.6. The van der Waals surface area contributed by atoms with Crippen LogP contribution in [0.3, 0.4) is 0 Å². The maximum absolute atomic E-state index is 13.0. The van der Waals surface area contributed by atoms with Crippen LogP contribution in [0.1, 0.15) is 56.1 Å². The van der Waals surface area contributed by atoms with Crippen LogP contribution in [0.15, 0.2) is 39.8 Å². The molecule has 1 aromatic carbocycles. The van der Waals surface area contributed by atoms with Gasteiger partial charge in [0, 0.05) is 24.6 Å². The summed E-state index contributed by atoms with van der Waals surface area (Å²) in [6, 6.07) is 7.46. The number of esters is 1. The maximum Gasteiger partial charge on any atom is 0.340 e. The summed E-state index contributed by atoms with van der Waals surface area (Å²) in [5.41, 5.74) is 0.315. The highest BCUT2D eigenvalue weighted by Gasteiger charge is 2.30. The Labute approximate surface area is 181 Å². The number of benzene rings is 1. The second-order valence-electron chi connectivity index (χ2n) is 8.41. The smallest absolute Gasteiger partial charge is 0.340 e. The van der Waals surface area contributed by atoms with Gasteiger partial charge in [-0.2, -0.15) is 4.31 Å². The molecular weight excluding hydrogens is 422 g/mol. The fraction of sp³-hybridized carbons (Fsp3) is 0.476. The summed E-state index contributed by atoms with van der Waals surface area (Å²) in [6.45, 7) is 6.10. The highest BCUT2D eigenvalue weighted by atomic mass is 32.2. The molecule has 1 aliphatic heterocycles. The first-order valence-corrected chi connectivity index (χ1v) is 11.6. The van der Waals surface area contributed by atoms with Crippen LogP contribution in [0.4, 0.5) is 5.88 Å². The minimum atomic E-state index is -3.83. The number of amides is 1. The SMILES string of the molecule is CC(C)(C)c1cc(NC(=O)COC(=O)c2ccccc2S(=O)(=O)N2CCCCC2)on1. The van der Waals surface area contributed by atoms with Gasteiger partial charge in [-0.05, 0) is 25.0 Å². The van der Waals surface area contributed by atoms with E-state index in [2.05, 4.69) is 10.5 Å². The Hall–Kier alpha value is -2.72. The molecule has 168 valence electrons. The van der Waals surface area contributed by atoms with Crippen molar-refractivity contribution in [2.75, 3.05) is 25.0 Å². The number of hydrogen-bond acceptors (Lipinski definition) is 7. The Balaban J connectivity index is 1.66. The largest absolute Gasteiger partial charge is 0.452 e. The standard InChI is InChI=1S/C21H27N3O6S/c1-21(2,3)17-13-19(30-23-17)22-18(25)14-29-20(26)15-9-5-6-10-16(15)31(27,28)24-11-7-4-8-12-24/h5-6,9-10,13H,4,7-8,11-12,14H2,1-3H3,(H,22,25). The number of hydrogen-bond donors (Lipinski definition) is 1. The van der Waals surface area contributed by atoms with E-state index in [0.717, 1.165) is 19.3 Å². The van der Waals surface area contributed by atoms with Gasteiger partial charge in [0.1, 0.15) is 0 Å². The molecule has 2 aromatic rings. The lowest BCUT2D eigenvalue weighted by molar-refractivity contribution is -0.119. The zero-order valence-corrected chi connectivity index (χ0v) is 18.7. The predicted octanol–water partition coefficient (Wildman–Crippen LogP) is 2.94. The maximum atomic E-state index is 13.0. The van der Waals surface area contributed by atoms with Crippen molar-refractivity contribution in [3.63, 3.8) is 0 Å². The lowest BCUT2D eigenvalue weighted by atomic mass is 9.92. The van der Waals surface area contributed by atoms with Gasteiger partial charge < -0.3 is 9.26 Å². The molecule has 0 spiro atoms. The number of anilines is 1. The fourth-order valence-corrected chi connectivity index (χ4v) is 4.87. The number of nitrogens with one attached hydrogen (secondary N) is 1. The van der Waals surface area contributed by atoms with E-state index in [1.165, 1.54) is 16.4 Å². The van der Waals surface area contributed by atoms with Crippen molar-refractivity contribution in [3.8, 4) is 0 Å². The molecular formula is C21H27N3O6S. The minimum absolute atomic E-state index is 0.101. The lowest BCUT2D eigenvalue weighted by Gasteiger charge is -2.26. The van der Waals surface area contributed by atoms with Crippen LogP contribution in [0.2, 0.25) is 0 Å². The molecule has 0 atom stereocenters. The van der Waals surface area contributed by atoms with Crippen molar-refractivity contribution in [2.24, 2.45) is 0 Å². The van der Waals surface area contributed by atoms with E-state index in [9.17, 15) is 18.0 Å². The van der Waals surface area contributed by atoms with Crippen LogP contribution in [-0.4, -0.2) is 49.5 Å². The number of ether oxygens (including phenoxy) is 1. The molecule has 1 N–H and O–H groups in total. The van der Waals surface area contributed by atoms with E-state index in [4.69, 9.17) is 9.26 Å². The molecule has 1 aromatic heterocycles. The van der Waals surface area contributed by atoms with Crippen LogP contribution in [0.25, 0.3) is 0 Å². The Morgan fingerprint density at radius 2 is 1.84 bits per heavy atom. The zero-order valence-electron chi connectivity index (χ0n) is 17.9. The Kier molecular flexibility index (Phi) is 6.80. The van der Waals surface area contributed by atoms with Crippen LogP contribution in [-0.2, 0) is 25.0 Å². The molecule has 31 heavy (non-hydrogen) atoms. The summed E-state index contributed by atoms with van der Waals surface area (Å²) in [5.74, 6) is -1.38.